The van der Waals surface area contributed by atoms with Crippen LogP contribution >= 0.6 is 11.8 Å². The minimum atomic E-state index is -4.60. The van der Waals surface area contributed by atoms with Crippen LogP contribution < -0.4 is 10.7 Å². The number of nitrogens with zero attached hydrogens (tertiary/aromatic N) is 2. The van der Waals surface area contributed by atoms with Gasteiger partial charge in [-0.1, -0.05) is 30.3 Å². The molecule has 2 aromatic carbocycles. The number of rotatable bonds is 7. The van der Waals surface area contributed by atoms with E-state index < -0.39 is 28.8 Å². The van der Waals surface area contributed by atoms with Gasteiger partial charge in [-0.2, -0.15) is 18.3 Å². The number of amides is 1. The van der Waals surface area contributed by atoms with Crippen molar-refractivity contribution in [1.29, 1.82) is 0 Å². The summed E-state index contributed by atoms with van der Waals surface area (Å²) >= 11 is 1.64. The van der Waals surface area contributed by atoms with Crippen LogP contribution in [0.4, 0.5) is 13.2 Å². The number of para-hydroxylation sites is 1. The summed E-state index contributed by atoms with van der Waals surface area (Å²) in [5, 5.41) is 6.57. The quantitative estimate of drug-likeness (QED) is 0.429. The highest BCUT2D eigenvalue weighted by Crippen LogP contribution is 2.33. The average molecular weight is 447 g/mol. The summed E-state index contributed by atoms with van der Waals surface area (Å²) in [6.07, 6.45) is -3.95. The van der Waals surface area contributed by atoms with Crippen molar-refractivity contribution in [2.45, 2.75) is 24.4 Å². The van der Waals surface area contributed by atoms with Crippen molar-refractivity contribution in [1.82, 2.24) is 15.1 Å². The molecule has 1 heterocycles. The van der Waals surface area contributed by atoms with Gasteiger partial charge in [0, 0.05) is 23.2 Å². The second-order valence-electron chi connectivity index (χ2n) is 6.70. The van der Waals surface area contributed by atoms with E-state index in [1.165, 1.54) is 25.1 Å². The van der Waals surface area contributed by atoms with Crippen molar-refractivity contribution in [2.24, 2.45) is 0 Å². The third-order valence-corrected chi connectivity index (χ3v) is 5.48. The number of alkyl halides is 3. The summed E-state index contributed by atoms with van der Waals surface area (Å²) in [6, 6.07) is 15.8. The molecule has 0 aliphatic rings. The van der Waals surface area contributed by atoms with E-state index in [0.717, 1.165) is 27.5 Å². The van der Waals surface area contributed by atoms with Crippen LogP contribution in [-0.4, -0.2) is 28.0 Å². The Morgan fingerprint density at radius 3 is 2.48 bits per heavy atom. The third kappa shape index (κ3) is 5.75. The lowest BCUT2D eigenvalue weighted by molar-refractivity contribution is -0.137. The topological polar surface area (TPSA) is 64.0 Å². The second-order valence-corrected chi connectivity index (χ2v) is 7.86. The molecule has 0 saturated carbocycles. The van der Waals surface area contributed by atoms with Gasteiger partial charge in [0.05, 0.1) is 11.3 Å². The second kappa shape index (κ2) is 9.82. The number of benzene rings is 2. The fraction of sp³-hybridized carbons (Fsp3) is 0.227. The first kappa shape index (κ1) is 22.6. The van der Waals surface area contributed by atoms with E-state index in [1.54, 1.807) is 11.8 Å². The summed E-state index contributed by atoms with van der Waals surface area (Å²) in [7, 11) is 0. The summed E-state index contributed by atoms with van der Waals surface area (Å²) in [4.78, 5) is 25.8. The van der Waals surface area contributed by atoms with Gasteiger partial charge in [-0.3, -0.25) is 9.59 Å². The highest BCUT2D eigenvalue weighted by Gasteiger charge is 2.34. The Morgan fingerprint density at radius 1 is 1.10 bits per heavy atom. The zero-order valence-electron chi connectivity index (χ0n) is 16.6. The Hall–Kier alpha value is -3.07. The average Bonchev–Trinajstić information content (AvgIpc) is 2.73. The molecule has 0 fully saturated rings. The number of hydrogen-bond donors (Lipinski definition) is 1. The van der Waals surface area contributed by atoms with Crippen LogP contribution in [0.5, 0.6) is 0 Å². The largest absolute Gasteiger partial charge is 0.418 e. The minimum Gasteiger partial charge on any atom is -0.350 e. The molecule has 0 bridgehead atoms. The van der Waals surface area contributed by atoms with Crippen molar-refractivity contribution in [3.05, 3.63) is 87.8 Å². The van der Waals surface area contributed by atoms with E-state index in [-0.39, 0.29) is 11.4 Å². The zero-order chi connectivity index (χ0) is 22.4. The minimum absolute atomic E-state index is 0.192. The van der Waals surface area contributed by atoms with Gasteiger partial charge in [-0.15, -0.1) is 11.8 Å². The molecule has 162 valence electrons. The van der Waals surface area contributed by atoms with E-state index >= 15 is 0 Å². The number of aromatic nitrogens is 2. The molecule has 5 nitrogen and oxygen atoms in total. The molecule has 0 unspecified atom stereocenters. The normalized spacial score (nSPS) is 11.4. The predicted octanol–water partition coefficient (Wildman–Crippen LogP) is 4.47. The standard InChI is InChI=1S/C22H20F3N3O2S/c1-15-14-19(29)20(21(30)26-12-7-13-31-16-8-3-2-4-9-16)27-28(15)18-11-6-5-10-17(18)22(23,24)25/h2-6,8-11,14H,7,12-13H2,1H3,(H,26,30). The van der Waals surface area contributed by atoms with Crippen LogP contribution in [-0.2, 0) is 6.18 Å². The van der Waals surface area contributed by atoms with Crippen molar-refractivity contribution in [3.8, 4) is 5.69 Å². The third-order valence-electron chi connectivity index (χ3n) is 4.38. The van der Waals surface area contributed by atoms with Gasteiger partial charge >= 0.3 is 6.18 Å². The molecule has 1 N–H and O–H groups in total. The van der Waals surface area contributed by atoms with Crippen molar-refractivity contribution in [3.63, 3.8) is 0 Å². The Bertz CT molecular complexity index is 1110. The molecule has 0 radical (unpaired) electrons. The van der Waals surface area contributed by atoms with Crippen LogP contribution in [0, 0.1) is 6.92 Å². The summed E-state index contributed by atoms with van der Waals surface area (Å²) in [5.74, 6) is 0.0439. The molecular weight excluding hydrogens is 427 g/mol. The van der Waals surface area contributed by atoms with E-state index in [4.69, 9.17) is 0 Å². The van der Waals surface area contributed by atoms with Gasteiger partial charge in [0.1, 0.15) is 0 Å². The summed E-state index contributed by atoms with van der Waals surface area (Å²) in [5.41, 5.74) is -2.05. The number of halogens is 3. The van der Waals surface area contributed by atoms with Crippen molar-refractivity contribution >= 4 is 17.7 Å². The van der Waals surface area contributed by atoms with Crippen LogP contribution in [0.15, 0.2) is 70.4 Å². The number of thioether (sulfide) groups is 1. The molecule has 0 spiro atoms. The highest BCUT2D eigenvalue weighted by atomic mass is 32.2. The van der Waals surface area contributed by atoms with Gasteiger partial charge in [0.25, 0.3) is 5.91 Å². The van der Waals surface area contributed by atoms with Crippen LogP contribution in [0.2, 0.25) is 0 Å². The fourth-order valence-corrected chi connectivity index (χ4v) is 3.79. The lowest BCUT2D eigenvalue weighted by atomic mass is 10.1. The number of nitrogens with one attached hydrogen (secondary N) is 1. The highest BCUT2D eigenvalue weighted by molar-refractivity contribution is 7.99. The predicted molar refractivity (Wildman–Crippen MR) is 114 cm³/mol. The van der Waals surface area contributed by atoms with Gasteiger partial charge < -0.3 is 5.32 Å². The molecule has 1 amide bonds. The van der Waals surface area contributed by atoms with Crippen LogP contribution in [0.3, 0.4) is 0 Å². The molecule has 31 heavy (non-hydrogen) atoms. The molecule has 3 rings (SSSR count). The first-order chi connectivity index (χ1) is 14.8. The molecule has 1 aromatic heterocycles. The lowest BCUT2D eigenvalue weighted by Crippen LogP contribution is -2.33. The summed E-state index contributed by atoms with van der Waals surface area (Å²) in [6.45, 7) is 1.77. The number of carbonyl (C=O) groups is 1. The van der Waals surface area contributed by atoms with E-state index in [1.807, 2.05) is 30.3 Å². The molecule has 3 aromatic rings. The maximum Gasteiger partial charge on any atom is 0.418 e. The molecule has 0 aliphatic carbocycles. The van der Waals surface area contributed by atoms with Crippen LogP contribution in [0.1, 0.15) is 28.2 Å². The molecule has 9 heteroatoms. The Labute approximate surface area is 181 Å². The maximum atomic E-state index is 13.4. The van der Waals surface area contributed by atoms with E-state index in [9.17, 15) is 22.8 Å². The van der Waals surface area contributed by atoms with Crippen molar-refractivity contribution in [2.75, 3.05) is 12.3 Å². The Kier molecular flexibility index (Phi) is 7.17. The van der Waals surface area contributed by atoms with Crippen LogP contribution in [0.25, 0.3) is 5.69 Å². The SMILES string of the molecule is Cc1cc(=O)c(C(=O)NCCCSc2ccccc2)nn1-c1ccccc1C(F)(F)F. The van der Waals surface area contributed by atoms with E-state index in [2.05, 4.69) is 10.4 Å². The van der Waals surface area contributed by atoms with Gasteiger partial charge in [-0.25, -0.2) is 4.68 Å². The van der Waals surface area contributed by atoms with Gasteiger partial charge in [0.15, 0.2) is 5.69 Å². The number of aryl methyl sites for hydroxylation is 1. The molecular formula is C22H20F3N3O2S. The molecule has 0 atom stereocenters. The maximum absolute atomic E-state index is 13.4. The van der Waals surface area contributed by atoms with Gasteiger partial charge in [0.2, 0.25) is 5.43 Å². The monoisotopic (exact) mass is 447 g/mol. The Morgan fingerprint density at radius 2 is 1.77 bits per heavy atom. The van der Waals surface area contributed by atoms with E-state index in [0.29, 0.717) is 13.0 Å². The fourth-order valence-electron chi connectivity index (χ4n) is 2.91. The van der Waals surface area contributed by atoms with Gasteiger partial charge in [-0.05, 0) is 43.4 Å². The zero-order valence-corrected chi connectivity index (χ0v) is 17.5. The number of hydrogen-bond acceptors (Lipinski definition) is 4. The lowest BCUT2D eigenvalue weighted by Gasteiger charge is -2.16. The first-order valence-corrected chi connectivity index (χ1v) is 10.5. The smallest absolute Gasteiger partial charge is 0.350 e. The Balaban J connectivity index is 1.73. The molecule has 0 aliphatic heterocycles. The number of carbonyl (C=O) groups excluding carboxylic acids is 1. The van der Waals surface area contributed by atoms with Crippen molar-refractivity contribution < 1.29 is 18.0 Å². The summed E-state index contributed by atoms with van der Waals surface area (Å²) < 4.78 is 41.1. The first-order valence-electron chi connectivity index (χ1n) is 9.51. The molecule has 0 saturated heterocycles.